The number of aryl methyl sites for hydroxylation is 1. The molecule has 0 aliphatic rings. The summed E-state index contributed by atoms with van der Waals surface area (Å²) in [5.41, 5.74) is 5.71. The van der Waals surface area contributed by atoms with Gasteiger partial charge in [0.05, 0.1) is 28.6 Å². The maximum absolute atomic E-state index is 12.6. The highest BCUT2D eigenvalue weighted by Gasteiger charge is 2.28. The van der Waals surface area contributed by atoms with E-state index in [-0.39, 0.29) is 5.71 Å². The first-order valence-electron chi connectivity index (χ1n) is 8.27. The van der Waals surface area contributed by atoms with E-state index in [1.165, 1.54) is 14.0 Å². The molecule has 2 aromatic rings. The van der Waals surface area contributed by atoms with Crippen molar-refractivity contribution in [3.8, 4) is 5.75 Å². The molecule has 0 spiro atoms. The molecule has 1 aromatic heterocycles. The number of benzene rings is 1. The number of hydrogen-bond acceptors (Lipinski definition) is 8. The van der Waals surface area contributed by atoms with E-state index >= 15 is 0 Å². The molecule has 0 aliphatic carbocycles. The standard InChI is InChI=1S/C18H24N4O4S/c1-11-21-7-13(27-11)8-26-12-4-5-15(19)14(6-12)16(20-3)17(25)22-18(2,9-23)10-24/h4-7,23-24H,8-10,19H2,1-3H3,(H,22,25). The number of nitrogens with two attached hydrogens (primary N) is 1. The molecule has 0 bridgehead atoms. The first kappa shape index (κ1) is 20.8. The quantitative estimate of drug-likeness (QED) is 0.390. The SMILES string of the molecule is CN=C(C(=O)NC(C)(CO)CO)c1cc(OCc2cnc(C)s2)ccc1N. The van der Waals surface area contributed by atoms with Crippen LogP contribution in [-0.2, 0) is 11.4 Å². The van der Waals surface area contributed by atoms with Crippen molar-refractivity contribution in [3.63, 3.8) is 0 Å². The van der Waals surface area contributed by atoms with Crippen molar-refractivity contribution in [3.05, 3.63) is 39.8 Å². The van der Waals surface area contributed by atoms with Gasteiger partial charge in [-0.05, 0) is 32.0 Å². The zero-order chi connectivity index (χ0) is 20.0. The number of ether oxygens (including phenoxy) is 1. The lowest BCUT2D eigenvalue weighted by atomic mass is 10.0. The molecule has 5 N–H and O–H groups in total. The minimum atomic E-state index is -1.17. The van der Waals surface area contributed by atoms with E-state index in [0.717, 1.165) is 9.88 Å². The first-order chi connectivity index (χ1) is 12.8. The number of rotatable bonds is 8. The van der Waals surface area contributed by atoms with E-state index < -0.39 is 24.7 Å². The van der Waals surface area contributed by atoms with Gasteiger partial charge in [0.2, 0.25) is 0 Å². The Kier molecular flexibility index (Phi) is 6.89. The molecule has 27 heavy (non-hydrogen) atoms. The Morgan fingerprint density at radius 2 is 2.11 bits per heavy atom. The van der Waals surface area contributed by atoms with Crippen molar-refractivity contribution in [1.82, 2.24) is 10.3 Å². The average molecular weight is 392 g/mol. The molecule has 8 nitrogen and oxygen atoms in total. The lowest BCUT2D eigenvalue weighted by molar-refractivity contribution is -0.117. The number of carbonyl (C=O) groups excluding carboxylic acids is 1. The number of aliphatic imine (C=N–C) groups is 1. The number of anilines is 1. The van der Waals surface area contributed by atoms with Crippen LogP contribution >= 0.6 is 11.3 Å². The second-order valence-corrected chi connectivity index (χ2v) is 7.61. The van der Waals surface area contributed by atoms with Crippen molar-refractivity contribution < 1.29 is 19.7 Å². The number of amides is 1. The van der Waals surface area contributed by atoms with Crippen LogP contribution < -0.4 is 15.8 Å². The summed E-state index contributed by atoms with van der Waals surface area (Å²) in [4.78, 5) is 21.8. The van der Waals surface area contributed by atoms with Gasteiger partial charge in [-0.25, -0.2) is 4.98 Å². The number of hydrogen-bond donors (Lipinski definition) is 4. The Balaban J connectivity index is 2.20. The summed E-state index contributed by atoms with van der Waals surface area (Å²) < 4.78 is 5.77. The molecule has 2 rings (SSSR count). The molecule has 1 aromatic carbocycles. The number of aromatic nitrogens is 1. The van der Waals surface area contributed by atoms with E-state index in [0.29, 0.717) is 23.6 Å². The largest absolute Gasteiger partial charge is 0.488 e. The Morgan fingerprint density at radius 3 is 2.67 bits per heavy atom. The first-order valence-corrected chi connectivity index (χ1v) is 9.08. The molecular formula is C18H24N4O4S. The number of aliphatic hydroxyl groups is 2. The number of aliphatic hydroxyl groups excluding tert-OH is 2. The van der Waals surface area contributed by atoms with Crippen molar-refractivity contribution in [1.29, 1.82) is 0 Å². The molecule has 0 atom stereocenters. The minimum Gasteiger partial charge on any atom is -0.488 e. The summed E-state index contributed by atoms with van der Waals surface area (Å²) in [6.45, 7) is 2.97. The zero-order valence-corrected chi connectivity index (χ0v) is 16.3. The van der Waals surface area contributed by atoms with Crippen LogP contribution in [0.4, 0.5) is 5.69 Å². The number of carbonyl (C=O) groups is 1. The van der Waals surface area contributed by atoms with E-state index in [1.807, 2.05) is 6.92 Å². The lowest BCUT2D eigenvalue weighted by Crippen LogP contribution is -2.53. The maximum Gasteiger partial charge on any atom is 0.270 e. The van der Waals surface area contributed by atoms with Gasteiger partial charge in [-0.2, -0.15) is 0 Å². The van der Waals surface area contributed by atoms with Gasteiger partial charge in [0.25, 0.3) is 5.91 Å². The molecule has 146 valence electrons. The third-order valence-electron chi connectivity index (χ3n) is 3.88. The minimum absolute atomic E-state index is 0.0831. The summed E-state index contributed by atoms with van der Waals surface area (Å²) in [6.07, 6.45) is 1.76. The van der Waals surface area contributed by atoms with Crippen LogP contribution in [0.2, 0.25) is 0 Å². The van der Waals surface area contributed by atoms with Crippen LogP contribution in [0.15, 0.2) is 29.4 Å². The summed E-state index contributed by atoms with van der Waals surface area (Å²) in [7, 11) is 1.47. The van der Waals surface area contributed by atoms with Crippen LogP contribution in [0.25, 0.3) is 0 Å². The fourth-order valence-corrected chi connectivity index (χ4v) is 2.97. The maximum atomic E-state index is 12.6. The van der Waals surface area contributed by atoms with E-state index in [9.17, 15) is 15.0 Å². The van der Waals surface area contributed by atoms with E-state index in [2.05, 4.69) is 15.3 Å². The molecule has 0 radical (unpaired) electrons. The topological polar surface area (TPSA) is 130 Å². The third-order valence-corrected chi connectivity index (χ3v) is 4.77. The van der Waals surface area contributed by atoms with Crippen LogP contribution in [0.1, 0.15) is 22.4 Å². The van der Waals surface area contributed by atoms with Gasteiger partial charge in [0, 0.05) is 24.5 Å². The van der Waals surface area contributed by atoms with Gasteiger partial charge in [-0.1, -0.05) is 0 Å². The molecule has 0 aliphatic heterocycles. The molecular weight excluding hydrogens is 368 g/mol. The molecule has 9 heteroatoms. The second-order valence-electron chi connectivity index (χ2n) is 6.29. The number of nitrogens with one attached hydrogen (secondary N) is 1. The van der Waals surface area contributed by atoms with Crippen molar-refractivity contribution in [2.24, 2.45) is 4.99 Å². The highest BCUT2D eigenvalue weighted by atomic mass is 32.1. The monoisotopic (exact) mass is 392 g/mol. The summed E-state index contributed by atoms with van der Waals surface area (Å²) >= 11 is 1.55. The Bertz CT molecular complexity index is 831. The van der Waals surface area contributed by atoms with Crippen LogP contribution in [-0.4, -0.2) is 52.6 Å². The summed E-state index contributed by atoms with van der Waals surface area (Å²) in [6, 6.07) is 4.99. The van der Waals surface area contributed by atoms with Gasteiger partial charge >= 0.3 is 0 Å². The Morgan fingerprint density at radius 1 is 1.41 bits per heavy atom. The highest BCUT2D eigenvalue weighted by molar-refractivity contribution is 7.11. The molecule has 0 saturated heterocycles. The summed E-state index contributed by atoms with van der Waals surface area (Å²) in [5, 5.41) is 22.3. The molecule has 0 unspecified atom stereocenters. The fraction of sp³-hybridized carbons (Fsp3) is 0.389. The Hall–Kier alpha value is -2.49. The zero-order valence-electron chi connectivity index (χ0n) is 15.5. The fourth-order valence-electron chi connectivity index (χ4n) is 2.26. The third kappa shape index (κ3) is 5.25. The van der Waals surface area contributed by atoms with Crippen molar-refractivity contribution in [2.75, 3.05) is 26.0 Å². The second kappa shape index (κ2) is 8.94. The summed E-state index contributed by atoms with van der Waals surface area (Å²) in [5.74, 6) is -0.0173. The van der Waals surface area contributed by atoms with Crippen molar-refractivity contribution >= 4 is 28.6 Å². The van der Waals surface area contributed by atoms with Gasteiger partial charge in [0.1, 0.15) is 18.1 Å². The number of nitrogens with zero attached hydrogens (tertiary/aromatic N) is 2. The van der Waals surface area contributed by atoms with Crippen LogP contribution in [0.5, 0.6) is 5.75 Å². The smallest absolute Gasteiger partial charge is 0.270 e. The van der Waals surface area contributed by atoms with E-state index in [4.69, 9.17) is 10.5 Å². The van der Waals surface area contributed by atoms with Crippen LogP contribution in [0.3, 0.4) is 0 Å². The number of thiazole rings is 1. The van der Waals surface area contributed by atoms with E-state index in [1.54, 1.807) is 35.7 Å². The lowest BCUT2D eigenvalue weighted by Gasteiger charge is -2.26. The molecule has 0 saturated carbocycles. The number of nitrogen functional groups attached to an aromatic ring is 1. The van der Waals surface area contributed by atoms with Gasteiger partial charge in [0.15, 0.2) is 0 Å². The average Bonchev–Trinajstić information content (AvgIpc) is 3.07. The predicted molar refractivity (Wildman–Crippen MR) is 105 cm³/mol. The molecule has 0 fully saturated rings. The van der Waals surface area contributed by atoms with Gasteiger partial charge in [-0.3, -0.25) is 9.79 Å². The highest BCUT2D eigenvalue weighted by Crippen LogP contribution is 2.23. The van der Waals surface area contributed by atoms with Gasteiger partial charge < -0.3 is 26.0 Å². The molecule has 1 amide bonds. The molecule has 1 heterocycles. The van der Waals surface area contributed by atoms with Crippen LogP contribution in [0, 0.1) is 6.92 Å². The predicted octanol–water partition coefficient (Wildman–Crippen LogP) is 0.891. The normalized spacial score (nSPS) is 12.1. The Labute approximate surface area is 161 Å². The van der Waals surface area contributed by atoms with Gasteiger partial charge in [-0.15, -0.1) is 11.3 Å². The van der Waals surface area contributed by atoms with Crippen molar-refractivity contribution in [2.45, 2.75) is 26.0 Å².